The number of amides is 2. The third kappa shape index (κ3) is 7.63. The maximum atomic E-state index is 13.6. The fourth-order valence-electron chi connectivity index (χ4n) is 5.86. The van der Waals surface area contributed by atoms with E-state index < -0.39 is 36.2 Å². The molecule has 2 aliphatic heterocycles. The number of esters is 2. The predicted octanol–water partition coefficient (Wildman–Crippen LogP) is 6.16. The first-order valence-corrected chi connectivity index (χ1v) is 15.9. The SMILES string of the molecule is O=C(Oc1cccc(OC(=O)[C@@H]2CCCN2C(=O)OCc2ccccc2)c1-c1ccccn1)[C@@H]1CCCN1C(=O)OCc1ccccc1. The quantitative estimate of drug-likeness (QED) is 0.155. The van der Waals surface area contributed by atoms with Crippen LogP contribution in [-0.4, -0.2) is 64.1 Å². The fourth-order valence-corrected chi connectivity index (χ4v) is 5.86. The van der Waals surface area contributed by atoms with Gasteiger partial charge in [-0.25, -0.2) is 19.2 Å². The van der Waals surface area contributed by atoms with Crippen LogP contribution in [0.1, 0.15) is 36.8 Å². The topological polar surface area (TPSA) is 125 Å². The summed E-state index contributed by atoms with van der Waals surface area (Å²) in [6.07, 6.45) is 2.40. The number of pyridine rings is 1. The maximum Gasteiger partial charge on any atom is 0.410 e. The Hall–Kier alpha value is -5.71. The van der Waals surface area contributed by atoms with Crippen molar-refractivity contribution in [1.82, 2.24) is 14.8 Å². The van der Waals surface area contributed by atoms with E-state index >= 15 is 0 Å². The van der Waals surface area contributed by atoms with E-state index in [0.717, 1.165) is 11.1 Å². The van der Waals surface area contributed by atoms with Gasteiger partial charge in [-0.15, -0.1) is 0 Å². The third-order valence-electron chi connectivity index (χ3n) is 8.26. The molecule has 11 heteroatoms. The lowest BCUT2D eigenvalue weighted by atomic mass is 10.1. The first kappa shape index (κ1) is 32.2. The summed E-state index contributed by atoms with van der Waals surface area (Å²) in [6, 6.07) is 26.8. The minimum atomic E-state index is -0.856. The average Bonchev–Trinajstić information content (AvgIpc) is 3.82. The molecule has 6 rings (SSSR count). The zero-order valence-corrected chi connectivity index (χ0v) is 26.2. The molecule has 0 radical (unpaired) electrons. The van der Waals surface area contributed by atoms with Crippen molar-refractivity contribution in [3.63, 3.8) is 0 Å². The highest BCUT2D eigenvalue weighted by Gasteiger charge is 2.39. The standard InChI is InChI=1S/C37H35N3O8/c41-34(29-17-10-22-39(29)36(43)45-24-26-12-3-1-4-13-26)47-31-19-9-20-32(33(31)28-16-7-8-21-38-28)48-35(42)30-18-11-23-40(30)37(44)46-25-27-14-5-2-6-15-27/h1-9,12-16,19-21,29-30H,10-11,17-18,22-25H2/t29-,30-/m0/s1. The molecule has 2 aliphatic rings. The van der Waals surface area contributed by atoms with Gasteiger partial charge in [0.2, 0.25) is 0 Å². The van der Waals surface area contributed by atoms with Crippen molar-refractivity contribution in [2.75, 3.05) is 13.1 Å². The summed E-state index contributed by atoms with van der Waals surface area (Å²) < 4.78 is 22.8. The van der Waals surface area contributed by atoms with Crippen LogP contribution in [0.25, 0.3) is 11.3 Å². The van der Waals surface area contributed by atoms with E-state index in [2.05, 4.69) is 4.98 Å². The molecular weight excluding hydrogens is 614 g/mol. The Kier molecular flexibility index (Phi) is 10.2. The molecule has 0 bridgehead atoms. The number of carbonyl (C=O) groups excluding carboxylic acids is 4. The highest BCUT2D eigenvalue weighted by molar-refractivity contribution is 5.88. The van der Waals surface area contributed by atoms with Crippen LogP contribution in [0, 0.1) is 0 Å². The van der Waals surface area contributed by atoms with E-state index in [4.69, 9.17) is 18.9 Å². The van der Waals surface area contributed by atoms with Crippen LogP contribution in [0.4, 0.5) is 9.59 Å². The van der Waals surface area contributed by atoms with Gasteiger partial charge in [-0.3, -0.25) is 14.8 Å². The van der Waals surface area contributed by atoms with Gasteiger partial charge in [-0.05, 0) is 61.1 Å². The predicted molar refractivity (Wildman–Crippen MR) is 174 cm³/mol. The van der Waals surface area contributed by atoms with Crippen LogP contribution < -0.4 is 9.47 Å². The van der Waals surface area contributed by atoms with Gasteiger partial charge in [0.05, 0.1) is 11.3 Å². The number of ether oxygens (including phenoxy) is 4. The number of carbonyl (C=O) groups is 4. The molecule has 0 aliphatic carbocycles. The number of hydrogen-bond acceptors (Lipinski definition) is 9. The Morgan fingerprint density at radius 3 is 1.54 bits per heavy atom. The Labute approximate surface area is 278 Å². The van der Waals surface area contributed by atoms with Crippen LogP contribution >= 0.6 is 0 Å². The van der Waals surface area contributed by atoms with Crippen molar-refractivity contribution < 1.29 is 38.1 Å². The largest absolute Gasteiger partial charge is 0.445 e. The second-order valence-electron chi connectivity index (χ2n) is 11.5. The summed E-state index contributed by atoms with van der Waals surface area (Å²) in [5, 5.41) is 0. The number of hydrogen-bond donors (Lipinski definition) is 0. The van der Waals surface area contributed by atoms with Gasteiger partial charge in [0.15, 0.2) is 0 Å². The molecule has 48 heavy (non-hydrogen) atoms. The minimum Gasteiger partial charge on any atom is -0.445 e. The summed E-state index contributed by atoms with van der Waals surface area (Å²) in [6.45, 7) is 0.865. The Bertz CT molecular complexity index is 1630. The Balaban J connectivity index is 1.17. The van der Waals surface area contributed by atoms with Crippen LogP contribution in [0.2, 0.25) is 0 Å². The van der Waals surface area contributed by atoms with Crippen LogP contribution in [0.5, 0.6) is 11.5 Å². The van der Waals surface area contributed by atoms with Gasteiger partial charge in [0.1, 0.15) is 36.8 Å². The van der Waals surface area contributed by atoms with E-state index in [9.17, 15) is 19.2 Å². The molecule has 2 saturated heterocycles. The Morgan fingerprint density at radius 2 is 1.08 bits per heavy atom. The molecule has 2 amide bonds. The number of benzene rings is 3. The number of likely N-dealkylation sites (tertiary alicyclic amines) is 2. The van der Waals surface area contributed by atoms with E-state index in [0.29, 0.717) is 44.5 Å². The van der Waals surface area contributed by atoms with Crippen LogP contribution in [0.15, 0.2) is 103 Å². The number of nitrogens with zero attached hydrogens (tertiary/aromatic N) is 3. The van der Waals surface area contributed by atoms with Gasteiger partial charge < -0.3 is 18.9 Å². The van der Waals surface area contributed by atoms with Gasteiger partial charge in [-0.2, -0.15) is 0 Å². The highest BCUT2D eigenvalue weighted by atomic mass is 16.6. The van der Waals surface area contributed by atoms with Crippen molar-refractivity contribution in [1.29, 1.82) is 0 Å². The van der Waals surface area contributed by atoms with Crippen molar-refractivity contribution >= 4 is 24.1 Å². The third-order valence-corrected chi connectivity index (χ3v) is 8.26. The lowest BCUT2D eigenvalue weighted by Gasteiger charge is -2.24. The molecule has 2 atom stereocenters. The first-order chi connectivity index (χ1) is 23.5. The fraction of sp³-hybridized carbons (Fsp3) is 0.270. The molecule has 0 spiro atoms. The van der Waals surface area contributed by atoms with E-state index in [1.54, 1.807) is 42.6 Å². The Morgan fingerprint density at radius 1 is 0.604 bits per heavy atom. The smallest absolute Gasteiger partial charge is 0.410 e. The molecule has 246 valence electrons. The lowest BCUT2D eigenvalue weighted by Crippen LogP contribution is -2.43. The van der Waals surface area contributed by atoms with Gasteiger partial charge in [-0.1, -0.05) is 72.8 Å². The molecule has 0 unspecified atom stereocenters. The highest BCUT2D eigenvalue weighted by Crippen LogP contribution is 2.39. The van der Waals surface area contributed by atoms with Crippen molar-refractivity contribution in [3.8, 4) is 22.8 Å². The molecule has 0 saturated carbocycles. The molecule has 4 aromatic rings. The monoisotopic (exact) mass is 649 g/mol. The lowest BCUT2D eigenvalue weighted by molar-refractivity contribution is -0.139. The van der Waals surface area contributed by atoms with Gasteiger partial charge in [0, 0.05) is 19.3 Å². The summed E-state index contributed by atoms with van der Waals surface area (Å²) in [4.78, 5) is 60.2. The zero-order valence-electron chi connectivity index (χ0n) is 26.2. The second kappa shape index (κ2) is 15.3. The van der Waals surface area contributed by atoms with Gasteiger partial charge in [0.25, 0.3) is 0 Å². The molecule has 0 N–H and O–H groups in total. The van der Waals surface area contributed by atoms with Crippen molar-refractivity contribution in [2.45, 2.75) is 51.0 Å². The van der Waals surface area contributed by atoms with Crippen LogP contribution in [0.3, 0.4) is 0 Å². The van der Waals surface area contributed by atoms with E-state index in [1.165, 1.54) is 9.80 Å². The first-order valence-electron chi connectivity index (χ1n) is 15.9. The second-order valence-corrected chi connectivity index (χ2v) is 11.5. The zero-order chi connectivity index (χ0) is 33.3. The number of aromatic nitrogens is 1. The molecule has 2 fully saturated rings. The molecule has 3 aromatic carbocycles. The molecule has 3 heterocycles. The minimum absolute atomic E-state index is 0.0817. The van der Waals surface area contributed by atoms with Crippen molar-refractivity contribution in [3.05, 3.63) is 114 Å². The van der Waals surface area contributed by atoms with Crippen molar-refractivity contribution in [2.24, 2.45) is 0 Å². The molecule has 1 aromatic heterocycles. The molecule has 11 nitrogen and oxygen atoms in total. The normalized spacial score (nSPS) is 17.1. The van der Waals surface area contributed by atoms with Crippen LogP contribution in [-0.2, 0) is 32.3 Å². The summed E-state index contributed by atoms with van der Waals surface area (Å²) in [7, 11) is 0. The van der Waals surface area contributed by atoms with E-state index in [1.807, 2.05) is 60.7 Å². The van der Waals surface area contributed by atoms with Gasteiger partial charge >= 0.3 is 24.1 Å². The average molecular weight is 650 g/mol. The molecular formula is C37H35N3O8. The summed E-state index contributed by atoms with van der Waals surface area (Å²) >= 11 is 0. The summed E-state index contributed by atoms with van der Waals surface area (Å²) in [5.41, 5.74) is 2.35. The number of rotatable bonds is 9. The maximum absolute atomic E-state index is 13.6. The summed E-state index contributed by atoms with van der Waals surface area (Å²) in [5.74, 6) is -1.07. The van der Waals surface area contributed by atoms with E-state index in [-0.39, 0.29) is 30.3 Å².